The Morgan fingerprint density at radius 1 is 1.00 bits per heavy atom. The van der Waals surface area contributed by atoms with Crippen molar-refractivity contribution in [3.05, 3.63) is 52.8 Å². The molecule has 0 saturated heterocycles. The van der Waals surface area contributed by atoms with Gasteiger partial charge in [-0.3, -0.25) is 0 Å². The maximum Gasteiger partial charge on any atom is 0.148 e. The molecule has 2 aromatic rings. The highest BCUT2D eigenvalue weighted by molar-refractivity contribution is 5.74. The van der Waals surface area contributed by atoms with E-state index in [-0.39, 0.29) is 0 Å². The van der Waals surface area contributed by atoms with Gasteiger partial charge in [-0.05, 0) is 42.4 Å². The van der Waals surface area contributed by atoms with Crippen LogP contribution in [0.2, 0.25) is 0 Å². The molecule has 1 aromatic heterocycles. The molecule has 2 nitrogen and oxygen atoms in total. The number of rotatable bonds is 6. The summed E-state index contributed by atoms with van der Waals surface area (Å²) in [6.07, 6.45) is 5.18. The highest BCUT2D eigenvalue weighted by atomic mass is 14.7. The minimum atomic E-state index is 0.575. The Labute approximate surface area is 133 Å². The molecule has 0 spiro atoms. The summed E-state index contributed by atoms with van der Waals surface area (Å²) >= 11 is 0. The molecule has 0 saturated carbocycles. The predicted octanol–water partition coefficient (Wildman–Crippen LogP) is 5.09. The zero-order valence-corrected chi connectivity index (χ0v) is 13.8. The molecule has 0 aliphatic rings. The van der Waals surface area contributed by atoms with E-state index in [4.69, 9.17) is 0 Å². The number of hydrogen-bond donors (Lipinski definition) is 0. The van der Waals surface area contributed by atoms with Crippen LogP contribution in [0.3, 0.4) is 0 Å². The standard InChI is InChI=1S/C20H24N2/c1-4-7-13-17-16(5-2)18(6-3)22-19(14-21)20(17)15-11-9-8-10-12-15/h8-12H,4-7,13H2,1-3H3. The number of aryl methyl sites for hydroxylation is 1. The van der Waals surface area contributed by atoms with Gasteiger partial charge in [0, 0.05) is 11.3 Å². The Bertz CT molecular complexity index is 666. The maximum absolute atomic E-state index is 9.60. The first kappa shape index (κ1) is 16.2. The van der Waals surface area contributed by atoms with Gasteiger partial charge in [0.2, 0.25) is 0 Å². The maximum atomic E-state index is 9.60. The van der Waals surface area contributed by atoms with Crippen LogP contribution in [0.4, 0.5) is 0 Å². The van der Waals surface area contributed by atoms with E-state index in [1.807, 2.05) is 18.2 Å². The molecule has 2 rings (SSSR count). The number of nitrogens with zero attached hydrogens (tertiary/aromatic N) is 2. The Kier molecular flexibility index (Phi) is 5.72. The van der Waals surface area contributed by atoms with Crippen LogP contribution >= 0.6 is 0 Å². The van der Waals surface area contributed by atoms with Crippen molar-refractivity contribution in [2.75, 3.05) is 0 Å². The smallest absolute Gasteiger partial charge is 0.148 e. The first-order chi connectivity index (χ1) is 10.8. The molecule has 1 heterocycles. The van der Waals surface area contributed by atoms with Gasteiger partial charge < -0.3 is 0 Å². The Morgan fingerprint density at radius 3 is 2.27 bits per heavy atom. The predicted molar refractivity (Wildman–Crippen MR) is 91.8 cm³/mol. The molecule has 0 bridgehead atoms. The summed E-state index contributed by atoms with van der Waals surface area (Å²) in [5, 5.41) is 9.60. The fourth-order valence-electron chi connectivity index (χ4n) is 3.06. The number of benzene rings is 1. The fraction of sp³-hybridized carbons (Fsp3) is 0.400. The second kappa shape index (κ2) is 7.75. The van der Waals surface area contributed by atoms with Crippen molar-refractivity contribution >= 4 is 0 Å². The van der Waals surface area contributed by atoms with Gasteiger partial charge in [0.05, 0.1) is 0 Å². The first-order valence-corrected chi connectivity index (χ1v) is 8.26. The van der Waals surface area contributed by atoms with Crippen LogP contribution in [-0.4, -0.2) is 4.98 Å². The van der Waals surface area contributed by atoms with Crippen LogP contribution < -0.4 is 0 Å². The van der Waals surface area contributed by atoms with Crippen LogP contribution in [0.5, 0.6) is 0 Å². The Morgan fingerprint density at radius 2 is 1.73 bits per heavy atom. The number of aromatic nitrogens is 1. The first-order valence-electron chi connectivity index (χ1n) is 8.26. The normalized spacial score (nSPS) is 10.5. The van der Waals surface area contributed by atoms with E-state index < -0.39 is 0 Å². The van der Waals surface area contributed by atoms with Gasteiger partial charge in [0.15, 0.2) is 0 Å². The summed E-state index contributed by atoms with van der Waals surface area (Å²) in [5.74, 6) is 0. The minimum absolute atomic E-state index is 0.575. The van der Waals surface area contributed by atoms with Gasteiger partial charge in [-0.2, -0.15) is 5.26 Å². The molecule has 0 fully saturated rings. The van der Waals surface area contributed by atoms with Gasteiger partial charge in [0.1, 0.15) is 11.8 Å². The van der Waals surface area contributed by atoms with Crippen LogP contribution in [0, 0.1) is 11.3 Å². The number of nitriles is 1. The second-order valence-corrected chi connectivity index (χ2v) is 5.53. The number of unbranched alkanes of at least 4 members (excludes halogenated alkanes) is 1. The van der Waals surface area contributed by atoms with Crippen molar-refractivity contribution in [1.29, 1.82) is 5.26 Å². The molecular formula is C20H24N2. The average molecular weight is 292 g/mol. The van der Waals surface area contributed by atoms with Crippen molar-refractivity contribution in [3.63, 3.8) is 0 Å². The van der Waals surface area contributed by atoms with Crippen LogP contribution in [0.15, 0.2) is 30.3 Å². The van der Waals surface area contributed by atoms with Crippen molar-refractivity contribution < 1.29 is 0 Å². The van der Waals surface area contributed by atoms with Crippen LogP contribution in [0.25, 0.3) is 11.1 Å². The van der Waals surface area contributed by atoms with Crippen molar-refractivity contribution in [2.24, 2.45) is 0 Å². The molecule has 0 radical (unpaired) electrons. The summed E-state index contributed by atoms with van der Waals surface area (Å²) in [7, 11) is 0. The summed E-state index contributed by atoms with van der Waals surface area (Å²) in [6, 6.07) is 12.6. The third kappa shape index (κ3) is 3.20. The van der Waals surface area contributed by atoms with E-state index in [2.05, 4.69) is 44.0 Å². The van der Waals surface area contributed by atoms with E-state index >= 15 is 0 Å². The lowest BCUT2D eigenvalue weighted by atomic mass is 9.88. The molecule has 0 unspecified atom stereocenters. The molecule has 114 valence electrons. The van der Waals surface area contributed by atoms with E-state index in [0.29, 0.717) is 5.69 Å². The zero-order valence-electron chi connectivity index (χ0n) is 13.8. The summed E-state index contributed by atoms with van der Waals surface area (Å²) < 4.78 is 0. The largest absolute Gasteiger partial charge is 0.241 e. The monoisotopic (exact) mass is 292 g/mol. The van der Waals surface area contributed by atoms with Crippen molar-refractivity contribution in [3.8, 4) is 17.2 Å². The molecule has 0 aliphatic carbocycles. The van der Waals surface area contributed by atoms with E-state index in [0.717, 1.165) is 48.9 Å². The lowest BCUT2D eigenvalue weighted by Gasteiger charge is -2.18. The molecule has 0 atom stereocenters. The lowest BCUT2D eigenvalue weighted by molar-refractivity contribution is 0.780. The molecular weight excluding hydrogens is 268 g/mol. The molecule has 22 heavy (non-hydrogen) atoms. The average Bonchev–Trinajstić information content (AvgIpc) is 2.58. The van der Waals surface area contributed by atoms with Crippen LogP contribution in [-0.2, 0) is 19.3 Å². The zero-order chi connectivity index (χ0) is 15.9. The van der Waals surface area contributed by atoms with Gasteiger partial charge >= 0.3 is 0 Å². The molecule has 0 amide bonds. The molecule has 2 heteroatoms. The van der Waals surface area contributed by atoms with E-state index in [1.54, 1.807) is 0 Å². The topological polar surface area (TPSA) is 36.7 Å². The highest BCUT2D eigenvalue weighted by Crippen LogP contribution is 2.32. The lowest BCUT2D eigenvalue weighted by Crippen LogP contribution is -2.08. The quantitative estimate of drug-likeness (QED) is 0.743. The summed E-state index contributed by atoms with van der Waals surface area (Å²) in [6.45, 7) is 6.52. The van der Waals surface area contributed by atoms with Crippen molar-refractivity contribution in [2.45, 2.75) is 52.9 Å². The second-order valence-electron chi connectivity index (χ2n) is 5.53. The van der Waals surface area contributed by atoms with E-state index in [9.17, 15) is 5.26 Å². The van der Waals surface area contributed by atoms with E-state index in [1.165, 1.54) is 11.1 Å². The van der Waals surface area contributed by atoms with Gasteiger partial charge in [0.25, 0.3) is 0 Å². The Balaban J connectivity index is 2.75. The van der Waals surface area contributed by atoms with Gasteiger partial charge in [-0.1, -0.05) is 57.5 Å². The summed E-state index contributed by atoms with van der Waals surface area (Å²) in [4.78, 5) is 4.66. The van der Waals surface area contributed by atoms with Crippen molar-refractivity contribution in [1.82, 2.24) is 4.98 Å². The number of pyridine rings is 1. The summed E-state index contributed by atoms with van der Waals surface area (Å²) in [5.41, 5.74) is 6.49. The third-order valence-corrected chi connectivity index (χ3v) is 4.14. The van der Waals surface area contributed by atoms with Gasteiger partial charge in [-0.15, -0.1) is 0 Å². The molecule has 1 aromatic carbocycles. The van der Waals surface area contributed by atoms with Gasteiger partial charge in [-0.25, -0.2) is 4.98 Å². The van der Waals surface area contributed by atoms with Crippen LogP contribution in [0.1, 0.15) is 56.1 Å². The highest BCUT2D eigenvalue weighted by Gasteiger charge is 2.18. The minimum Gasteiger partial charge on any atom is -0.241 e. The Hall–Kier alpha value is -2.14. The molecule has 0 N–H and O–H groups in total. The third-order valence-electron chi connectivity index (χ3n) is 4.14. The molecule has 0 aliphatic heterocycles. The fourth-order valence-corrected chi connectivity index (χ4v) is 3.06. The number of hydrogen-bond acceptors (Lipinski definition) is 2. The SMILES string of the molecule is CCCCc1c(CC)c(CC)nc(C#N)c1-c1ccccc1.